The predicted octanol–water partition coefficient (Wildman–Crippen LogP) is 1.90. The molecule has 0 radical (unpaired) electrons. The van der Waals surface area contributed by atoms with Crippen LogP contribution in [0.3, 0.4) is 0 Å². The molecule has 0 aromatic heterocycles. The largest absolute Gasteiger partial charge is 0.383 e. The fourth-order valence-corrected chi connectivity index (χ4v) is 1.11. The van der Waals surface area contributed by atoms with Gasteiger partial charge in [-0.05, 0) is 24.6 Å². The Hall–Kier alpha value is -1.62. The van der Waals surface area contributed by atoms with E-state index in [4.69, 9.17) is 4.74 Å². The number of nitrogens with one attached hydrogen (secondary N) is 2. The molecule has 0 aliphatic carbocycles. The van der Waals surface area contributed by atoms with Crippen molar-refractivity contribution in [3.8, 4) is 0 Å². The van der Waals surface area contributed by atoms with Crippen LogP contribution >= 0.6 is 0 Å². The van der Waals surface area contributed by atoms with Gasteiger partial charge in [-0.3, -0.25) is 0 Å². The molecule has 0 saturated carbocycles. The molecule has 0 unspecified atom stereocenters. The Balaban J connectivity index is 2.46. The second kappa shape index (κ2) is 6.07. The van der Waals surface area contributed by atoms with Gasteiger partial charge in [0.1, 0.15) is 5.82 Å². The maximum absolute atomic E-state index is 13.1. The summed E-state index contributed by atoms with van der Waals surface area (Å²) in [6.45, 7) is 2.52. The molecular weight excluding hydrogens is 211 g/mol. The van der Waals surface area contributed by atoms with Crippen molar-refractivity contribution >= 4 is 11.7 Å². The van der Waals surface area contributed by atoms with Gasteiger partial charge in [0, 0.05) is 19.3 Å². The second-order valence-electron chi connectivity index (χ2n) is 3.34. The number of carbonyl (C=O) groups is 1. The Labute approximate surface area is 93.8 Å². The maximum Gasteiger partial charge on any atom is 0.319 e. The van der Waals surface area contributed by atoms with E-state index in [1.165, 1.54) is 6.07 Å². The van der Waals surface area contributed by atoms with Crippen molar-refractivity contribution in [2.45, 2.75) is 6.92 Å². The van der Waals surface area contributed by atoms with Gasteiger partial charge in [-0.15, -0.1) is 0 Å². The average molecular weight is 226 g/mol. The van der Waals surface area contributed by atoms with E-state index in [1.54, 1.807) is 26.2 Å². The van der Waals surface area contributed by atoms with Crippen LogP contribution in [0.1, 0.15) is 5.56 Å². The number of benzene rings is 1. The van der Waals surface area contributed by atoms with Crippen LogP contribution in [0.2, 0.25) is 0 Å². The summed E-state index contributed by atoms with van der Waals surface area (Å²) in [5, 5.41) is 5.09. The highest BCUT2D eigenvalue weighted by atomic mass is 19.1. The number of ether oxygens (including phenoxy) is 1. The summed E-state index contributed by atoms with van der Waals surface area (Å²) in [5.74, 6) is -0.338. The molecule has 1 aromatic rings. The summed E-state index contributed by atoms with van der Waals surface area (Å²) in [4.78, 5) is 11.3. The molecule has 1 aromatic carbocycles. The van der Waals surface area contributed by atoms with Crippen LogP contribution in [0.5, 0.6) is 0 Å². The van der Waals surface area contributed by atoms with Gasteiger partial charge in [0.2, 0.25) is 0 Å². The van der Waals surface area contributed by atoms with Crippen molar-refractivity contribution in [1.82, 2.24) is 5.32 Å². The van der Waals surface area contributed by atoms with Crippen LogP contribution in [0, 0.1) is 12.7 Å². The van der Waals surface area contributed by atoms with Gasteiger partial charge in [-0.25, -0.2) is 9.18 Å². The summed E-state index contributed by atoms with van der Waals surface area (Å²) in [6.07, 6.45) is 0. The summed E-state index contributed by atoms with van der Waals surface area (Å²) in [5.41, 5.74) is 0.975. The zero-order chi connectivity index (χ0) is 12.0. The molecular formula is C11H15FN2O2. The lowest BCUT2D eigenvalue weighted by Gasteiger charge is -2.07. The standard InChI is InChI=1S/C11H15FN2O2/c1-8-3-4-9(7-10(8)12)14-11(15)13-5-6-16-2/h3-4,7H,5-6H2,1-2H3,(H2,13,14,15). The minimum Gasteiger partial charge on any atom is -0.383 e. The molecule has 5 heteroatoms. The Morgan fingerprint density at radius 3 is 2.88 bits per heavy atom. The van der Waals surface area contributed by atoms with Gasteiger partial charge >= 0.3 is 6.03 Å². The molecule has 2 amide bonds. The van der Waals surface area contributed by atoms with E-state index < -0.39 is 0 Å². The van der Waals surface area contributed by atoms with Gasteiger partial charge in [0.15, 0.2) is 0 Å². The first-order chi connectivity index (χ1) is 7.63. The smallest absolute Gasteiger partial charge is 0.319 e. The number of amides is 2. The number of carbonyl (C=O) groups excluding carboxylic acids is 1. The van der Waals surface area contributed by atoms with E-state index in [2.05, 4.69) is 10.6 Å². The van der Waals surface area contributed by atoms with E-state index in [0.717, 1.165) is 0 Å². The zero-order valence-electron chi connectivity index (χ0n) is 9.34. The minimum atomic E-state index is -0.375. The lowest BCUT2D eigenvalue weighted by Crippen LogP contribution is -2.31. The fraction of sp³-hybridized carbons (Fsp3) is 0.364. The Morgan fingerprint density at radius 1 is 1.50 bits per heavy atom. The van der Waals surface area contributed by atoms with Crippen molar-refractivity contribution in [2.75, 3.05) is 25.6 Å². The van der Waals surface area contributed by atoms with Gasteiger partial charge in [0.05, 0.1) is 6.61 Å². The number of aryl methyl sites for hydroxylation is 1. The number of hydrogen-bond donors (Lipinski definition) is 2. The zero-order valence-corrected chi connectivity index (χ0v) is 9.34. The number of anilines is 1. The van der Waals surface area contributed by atoms with E-state index in [-0.39, 0.29) is 11.8 Å². The van der Waals surface area contributed by atoms with Crippen molar-refractivity contribution < 1.29 is 13.9 Å². The normalized spacial score (nSPS) is 9.94. The molecule has 1 rings (SSSR count). The molecule has 88 valence electrons. The van der Waals surface area contributed by atoms with Crippen molar-refractivity contribution in [2.24, 2.45) is 0 Å². The van der Waals surface area contributed by atoms with Gasteiger partial charge in [-0.2, -0.15) is 0 Å². The van der Waals surface area contributed by atoms with E-state index in [1.807, 2.05) is 0 Å². The van der Waals surface area contributed by atoms with E-state index in [9.17, 15) is 9.18 Å². The topological polar surface area (TPSA) is 50.4 Å². The number of rotatable bonds is 4. The van der Waals surface area contributed by atoms with Crippen molar-refractivity contribution in [3.63, 3.8) is 0 Å². The lowest BCUT2D eigenvalue weighted by atomic mass is 10.2. The van der Waals surface area contributed by atoms with Crippen LogP contribution < -0.4 is 10.6 Å². The monoisotopic (exact) mass is 226 g/mol. The van der Waals surface area contributed by atoms with Crippen molar-refractivity contribution in [1.29, 1.82) is 0 Å². The number of hydrogen-bond acceptors (Lipinski definition) is 2. The molecule has 0 fully saturated rings. The first-order valence-electron chi connectivity index (χ1n) is 4.93. The highest BCUT2D eigenvalue weighted by Crippen LogP contribution is 2.13. The Morgan fingerprint density at radius 2 is 2.25 bits per heavy atom. The molecule has 0 saturated heterocycles. The van der Waals surface area contributed by atoms with Crippen LogP contribution in [-0.4, -0.2) is 26.3 Å². The number of urea groups is 1. The van der Waals surface area contributed by atoms with Crippen molar-refractivity contribution in [3.05, 3.63) is 29.6 Å². The highest BCUT2D eigenvalue weighted by molar-refractivity contribution is 5.89. The van der Waals surface area contributed by atoms with E-state index >= 15 is 0 Å². The third-order valence-corrected chi connectivity index (χ3v) is 2.02. The lowest BCUT2D eigenvalue weighted by molar-refractivity contribution is 0.198. The highest BCUT2D eigenvalue weighted by Gasteiger charge is 2.03. The molecule has 16 heavy (non-hydrogen) atoms. The molecule has 2 N–H and O–H groups in total. The van der Waals surface area contributed by atoms with Crippen LogP contribution in [0.4, 0.5) is 14.9 Å². The van der Waals surface area contributed by atoms with Crippen LogP contribution in [0.15, 0.2) is 18.2 Å². The van der Waals surface area contributed by atoms with Crippen LogP contribution in [0.25, 0.3) is 0 Å². The Kier molecular flexibility index (Phi) is 4.72. The third-order valence-electron chi connectivity index (χ3n) is 2.02. The molecule has 0 bridgehead atoms. The van der Waals surface area contributed by atoms with Gasteiger partial charge in [-0.1, -0.05) is 6.07 Å². The maximum atomic E-state index is 13.1. The van der Waals surface area contributed by atoms with Gasteiger partial charge in [0.25, 0.3) is 0 Å². The Bertz CT molecular complexity index is 369. The van der Waals surface area contributed by atoms with E-state index in [0.29, 0.717) is 24.4 Å². The molecule has 0 atom stereocenters. The summed E-state index contributed by atoms with van der Waals surface area (Å²) < 4.78 is 17.9. The first-order valence-corrected chi connectivity index (χ1v) is 4.93. The molecule has 4 nitrogen and oxygen atoms in total. The summed E-state index contributed by atoms with van der Waals surface area (Å²) in [7, 11) is 1.55. The second-order valence-corrected chi connectivity index (χ2v) is 3.34. The SMILES string of the molecule is COCCNC(=O)Nc1ccc(C)c(F)c1. The number of halogens is 1. The fourth-order valence-electron chi connectivity index (χ4n) is 1.11. The van der Waals surface area contributed by atoms with Crippen LogP contribution in [-0.2, 0) is 4.74 Å². The third kappa shape index (κ3) is 3.86. The molecule has 0 aliphatic heterocycles. The van der Waals surface area contributed by atoms with Gasteiger partial charge < -0.3 is 15.4 Å². The average Bonchev–Trinajstić information content (AvgIpc) is 2.24. The number of methoxy groups -OCH3 is 1. The predicted molar refractivity (Wildman–Crippen MR) is 60.0 cm³/mol. The summed E-state index contributed by atoms with van der Waals surface area (Å²) in [6, 6.07) is 4.17. The minimum absolute atomic E-state index is 0.338. The quantitative estimate of drug-likeness (QED) is 0.770. The first kappa shape index (κ1) is 12.4. The molecule has 0 spiro atoms. The molecule has 0 heterocycles. The molecule has 0 aliphatic rings. The summed E-state index contributed by atoms with van der Waals surface area (Å²) >= 11 is 0.